The molecule has 2 heterocycles. The van der Waals surface area contributed by atoms with Gasteiger partial charge in [-0.15, -0.1) is 5.10 Å². The summed E-state index contributed by atoms with van der Waals surface area (Å²) in [7, 11) is 1.95. The van der Waals surface area contributed by atoms with Gasteiger partial charge in [-0.05, 0) is 37.9 Å². The maximum atomic E-state index is 12.1. The number of hydrogen-bond donors (Lipinski definition) is 1. The summed E-state index contributed by atoms with van der Waals surface area (Å²) < 4.78 is 3.15. The number of nitrogens with one attached hydrogen (secondary N) is 1. The Kier molecular flexibility index (Phi) is 2.48. The van der Waals surface area contributed by atoms with Gasteiger partial charge in [-0.3, -0.25) is 4.40 Å². The lowest BCUT2D eigenvalue weighted by Gasteiger charge is -2.13. The normalized spacial score (nSPS) is 17.5. The lowest BCUT2D eigenvalue weighted by molar-refractivity contribution is 0.407. The molecule has 0 radical (unpaired) electrons. The quantitative estimate of drug-likeness (QED) is 0.835. The Bertz CT molecular complexity index is 581. The predicted octanol–water partition coefficient (Wildman–Crippen LogP) is 0.494. The Morgan fingerprint density at radius 2 is 2.35 bits per heavy atom. The first-order valence-electron chi connectivity index (χ1n) is 6.01. The van der Waals surface area contributed by atoms with Crippen LogP contribution in [0, 0.1) is 5.92 Å². The molecule has 1 N–H and O–H groups in total. The van der Waals surface area contributed by atoms with E-state index < -0.39 is 0 Å². The average molecular weight is 232 g/mol. The minimum atomic E-state index is -0.0542. The highest BCUT2D eigenvalue weighted by Crippen LogP contribution is 2.32. The first kappa shape index (κ1) is 10.5. The maximum absolute atomic E-state index is 12.1. The fraction of sp³-hybridized carbons (Fsp3) is 0.500. The van der Waals surface area contributed by atoms with Gasteiger partial charge in [0.15, 0.2) is 5.65 Å². The standard InChI is InChI=1S/C12H16N4O/c1-13-10(9-5-6-9)8-16-12(17)15-7-3-2-4-11(15)14-16/h2-4,7,9-10,13H,5-6,8H2,1H3. The second-order valence-corrected chi connectivity index (χ2v) is 4.63. The van der Waals surface area contributed by atoms with Crippen molar-refractivity contribution in [3.63, 3.8) is 0 Å². The lowest BCUT2D eigenvalue weighted by atomic mass is 10.2. The topological polar surface area (TPSA) is 51.3 Å². The Morgan fingerprint density at radius 1 is 1.53 bits per heavy atom. The summed E-state index contributed by atoms with van der Waals surface area (Å²) in [6.45, 7) is 0.654. The third-order valence-corrected chi connectivity index (χ3v) is 3.42. The molecule has 90 valence electrons. The largest absolute Gasteiger partial charge is 0.350 e. The van der Waals surface area contributed by atoms with E-state index in [1.807, 2.05) is 25.2 Å². The van der Waals surface area contributed by atoms with Gasteiger partial charge < -0.3 is 5.32 Å². The zero-order chi connectivity index (χ0) is 11.8. The molecule has 1 unspecified atom stereocenters. The van der Waals surface area contributed by atoms with E-state index in [0.29, 0.717) is 24.2 Å². The molecule has 1 atom stereocenters. The molecule has 3 rings (SSSR count). The molecule has 0 aromatic carbocycles. The fourth-order valence-corrected chi connectivity index (χ4v) is 2.25. The monoisotopic (exact) mass is 232 g/mol. The average Bonchev–Trinajstić information content (AvgIpc) is 3.14. The van der Waals surface area contributed by atoms with Gasteiger partial charge in [0, 0.05) is 12.2 Å². The van der Waals surface area contributed by atoms with Crippen LogP contribution >= 0.6 is 0 Å². The van der Waals surface area contributed by atoms with Crippen molar-refractivity contribution < 1.29 is 0 Å². The van der Waals surface area contributed by atoms with Gasteiger partial charge >= 0.3 is 5.69 Å². The van der Waals surface area contributed by atoms with E-state index in [9.17, 15) is 4.79 Å². The summed E-state index contributed by atoms with van der Waals surface area (Å²) >= 11 is 0. The van der Waals surface area contributed by atoms with Crippen molar-refractivity contribution in [1.29, 1.82) is 0 Å². The molecule has 1 saturated carbocycles. The van der Waals surface area contributed by atoms with E-state index in [1.54, 1.807) is 15.3 Å². The van der Waals surface area contributed by atoms with Crippen LogP contribution in [0.4, 0.5) is 0 Å². The van der Waals surface area contributed by atoms with Crippen molar-refractivity contribution in [2.24, 2.45) is 5.92 Å². The molecule has 1 fully saturated rings. The molecule has 1 aliphatic carbocycles. The summed E-state index contributed by atoms with van der Waals surface area (Å²) in [5.74, 6) is 0.705. The Labute approximate surface area is 99.1 Å². The first-order valence-corrected chi connectivity index (χ1v) is 6.01. The molecule has 2 aromatic heterocycles. The van der Waals surface area contributed by atoms with Gasteiger partial charge in [0.25, 0.3) is 0 Å². The molecule has 5 heteroatoms. The highest BCUT2D eigenvalue weighted by Gasteiger charge is 2.30. The van der Waals surface area contributed by atoms with Crippen LogP contribution in [-0.2, 0) is 6.54 Å². The molecule has 0 amide bonds. The van der Waals surface area contributed by atoms with Crippen molar-refractivity contribution in [2.75, 3.05) is 7.05 Å². The van der Waals surface area contributed by atoms with Crippen LogP contribution in [0.3, 0.4) is 0 Å². The third-order valence-electron chi connectivity index (χ3n) is 3.42. The van der Waals surface area contributed by atoms with E-state index in [1.165, 1.54) is 12.8 Å². The van der Waals surface area contributed by atoms with Gasteiger partial charge in [0.2, 0.25) is 0 Å². The molecular weight excluding hydrogens is 216 g/mol. The van der Waals surface area contributed by atoms with Gasteiger partial charge in [0.1, 0.15) is 0 Å². The van der Waals surface area contributed by atoms with E-state index >= 15 is 0 Å². The van der Waals surface area contributed by atoms with Crippen molar-refractivity contribution in [3.8, 4) is 0 Å². The van der Waals surface area contributed by atoms with Gasteiger partial charge in [0.05, 0.1) is 6.54 Å². The molecule has 0 spiro atoms. The molecule has 0 saturated heterocycles. The van der Waals surface area contributed by atoms with Crippen LogP contribution in [0.2, 0.25) is 0 Å². The molecule has 0 bridgehead atoms. The van der Waals surface area contributed by atoms with E-state index in [-0.39, 0.29) is 5.69 Å². The highest BCUT2D eigenvalue weighted by molar-refractivity contribution is 5.35. The zero-order valence-electron chi connectivity index (χ0n) is 9.84. The molecule has 17 heavy (non-hydrogen) atoms. The number of nitrogens with zero attached hydrogens (tertiary/aromatic N) is 3. The molecular formula is C12H16N4O. The molecule has 0 aliphatic heterocycles. The minimum Gasteiger partial charge on any atom is -0.315 e. The second-order valence-electron chi connectivity index (χ2n) is 4.63. The van der Waals surface area contributed by atoms with Crippen LogP contribution < -0.4 is 11.0 Å². The van der Waals surface area contributed by atoms with E-state index in [2.05, 4.69) is 10.4 Å². The maximum Gasteiger partial charge on any atom is 0.350 e. The fourth-order valence-electron chi connectivity index (χ4n) is 2.25. The Morgan fingerprint density at radius 3 is 3.00 bits per heavy atom. The zero-order valence-corrected chi connectivity index (χ0v) is 9.84. The predicted molar refractivity (Wildman–Crippen MR) is 65.0 cm³/mol. The van der Waals surface area contributed by atoms with Crippen LogP contribution in [0.25, 0.3) is 5.65 Å². The van der Waals surface area contributed by atoms with E-state index in [0.717, 1.165) is 0 Å². The van der Waals surface area contributed by atoms with Crippen LogP contribution in [0.15, 0.2) is 29.2 Å². The molecule has 2 aromatic rings. The number of hydrogen-bond acceptors (Lipinski definition) is 3. The van der Waals surface area contributed by atoms with Gasteiger partial charge in [-0.1, -0.05) is 6.07 Å². The number of pyridine rings is 1. The van der Waals surface area contributed by atoms with Crippen molar-refractivity contribution in [2.45, 2.75) is 25.4 Å². The smallest absolute Gasteiger partial charge is 0.315 e. The summed E-state index contributed by atoms with van der Waals surface area (Å²) in [5, 5.41) is 7.61. The number of aromatic nitrogens is 3. The van der Waals surface area contributed by atoms with Crippen LogP contribution in [0.1, 0.15) is 12.8 Å². The van der Waals surface area contributed by atoms with Gasteiger partial charge in [-0.2, -0.15) is 0 Å². The van der Waals surface area contributed by atoms with E-state index in [4.69, 9.17) is 0 Å². The van der Waals surface area contributed by atoms with Crippen molar-refractivity contribution in [3.05, 3.63) is 34.9 Å². The molecule has 1 aliphatic rings. The minimum absolute atomic E-state index is 0.0542. The second kappa shape index (κ2) is 4.00. The SMILES string of the molecule is CNC(Cn1nc2ccccn2c1=O)C1CC1. The number of likely N-dealkylation sites (N-methyl/N-ethyl adjacent to an activating group) is 1. The summed E-state index contributed by atoms with van der Waals surface area (Å²) in [5.41, 5.74) is 0.657. The van der Waals surface area contributed by atoms with Gasteiger partial charge in [-0.25, -0.2) is 9.48 Å². The van der Waals surface area contributed by atoms with Crippen LogP contribution in [0.5, 0.6) is 0 Å². The van der Waals surface area contributed by atoms with Crippen molar-refractivity contribution in [1.82, 2.24) is 19.5 Å². The number of fused-ring (bicyclic) bond motifs is 1. The van der Waals surface area contributed by atoms with Crippen molar-refractivity contribution >= 4 is 5.65 Å². The summed E-state index contributed by atoms with van der Waals surface area (Å²) in [4.78, 5) is 12.1. The highest BCUT2D eigenvalue weighted by atomic mass is 16.2. The third kappa shape index (κ3) is 1.86. The number of rotatable bonds is 4. The Hall–Kier alpha value is -1.62. The molecule has 5 nitrogen and oxygen atoms in total. The Balaban J connectivity index is 1.94. The summed E-state index contributed by atoms with van der Waals surface area (Å²) in [6, 6.07) is 5.95. The van der Waals surface area contributed by atoms with Crippen LogP contribution in [-0.4, -0.2) is 27.3 Å². The lowest BCUT2D eigenvalue weighted by Crippen LogP contribution is -2.36. The first-order chi connectivity index (χ1) is 8.29. The summed E-state index contributed by atoms with van der Waals surface area (Å²) in [6.07, 6.45) is 4.27.